The van der Waals surface area contributed by atoms with Crippen molar-refractivity contribution >= 4 is 146 Å². The molecule has 1 saturated heterocycles. The number of nitrogens with zero attached hydrogens (tertiary/aromatic N) is 5. The Bertz CT molecular complexity index is 5250. The number of aromatic nitrogens is 6. The fourth-order valence-corrected chi connectivity index (χ4v) is 16.2. The van der Waals surface area contributed by atoms with Gasteiger partial charge in [-0.25, -0.2) is 24.5 Å². The number of amides is 12. The van der Waals surface area contributed by atoms with Gasteiger partial charge in [0.25, 0.3) is 17.4 Å². The summed E-state index contributed by atoms with van der Waals surface area (Å²) in [5, 5.41) is 206. The molecule has 0 aliphatic carbocycles. The molecule has 144 heavy (non-hydrogen) atoms. The van der Waals surface area contributed by atoms with Crippen LogP contribution in [0.25, 0.3) is 11.2 Å². The number of nitrogens with one attached hydrogen (secondary N) is 14. The van der Waals surface area contributed by atoms with Gasteiger partial charge < -0.3 is 171 Å². The highest BCUT2D eigenvalue weighted by atomic mass is 33.1. The topological polar surface area (TPSA) is 915 Å². The lowest BCUT2D eigenvalue weighted by Crippen LogP contribution is -2.60. The fourth-order valence-electron chi connectivity index (χ4n) is 14.0. The molecule has 12 amide bonds. The van der Waals surface area contributed by atoms with Crippen molar-refractivity contribution in [3.05, 3.63) is 112 Å². The number of carboxylic acid groups (broad SMARTS) is 4. The van der Waals surface area contributed by atoms with Crippen LogP contribution in [0.2, 0.25) is 0 Å². The lowest BCUT2D eigenvalue weighted by molar-refractivity contribution is -0.142. The van der Waals surface area contributed by atoms with Gasteiger partial charge in [-0.15, -0.1) is 0 Å². The predicted molar refractivity (Wildman–Crippen MR) is 499 cm³/mol. The highest BCUT2D eigenvalue weighted by Crippen LogP contribution is 2.27. The fraction of sp³-hybridized carbons (Fsp3) is 0.553. The lowest BCUT2D eigenvalue weighted by Gasteiger charge is -2.28. The molecule has 790 valence electrons. The minimum atomic E-state index is -2.29. The smallest absolute Gasteiger partial charge is 0.481 e. The second-order valence-corrected chi connectivity index (χ2v) is 36.4. The summed E-state index contributed by atoms with van der Waals surface area (Å²) in [7, 11) is 0.525. The SMILES string of the molecule is CC(C)C[C@@H]1NC(=O)[C@H](Cc2ccccc2)NC(=O)c2cnc(cn2)CSSC[C@@H](C(=O)O)NC(=O)[C@@H](NC(=O)[C@H](CCC(=O)O)NC(=O)[C@H](CCC(=O)NC[C@H](O)[C@@H](O)[C@H](O)[C@H](O)CO)NC(=O)[C@H](CCC(=O)O)NC(=O)[C@H](CCC(=O)NC[C@H](O)[C@@H](O)[C@H](O)[C@H](O)CO)NC(=O)CC[C@H](NC(=O)c2ccc(NCc3cnc4nc(N)[nH]c(=O)c4n3)cc2)C(=O)O)CCC(=O)NC[C@H](O)[C@@H](O)[C@H](O)[C@H]2COB1O2. The molecule has 0 saturated carbocycles. The molecule has 4 bridgehead atoms. The number of hydrogen-bond acceptors (Lipinski definition) is 41. The summed E-state index contributed by atoms with van der Waals surface area (Å²) in [6.45, 7) is -1.74. The quantitative estimate of drug-likeness (QED) is 0.0127. The van der Waals surface area contributed by atoms with Crippen molar-refractivity contribution in [3.8, 4) is 0 Å². The Kier molecular flexibility index (Phi) is 48.1. The van der Waals surface area contributed by atoms with Gasteiger partial charge in [0.1, 0.15) is 103 Å². The molecular weight excluding hydrogens is 1950 g/mol. The van der Waals surface area contributed by atoms with E-state index in [1.54, 1.807) is 30.3 Å². The Labute approximate surface area is 826 Å². The molecule has 3 aliphatic rings. The molecular formula is C85H119BN20O36S2. The van der Waals surface area contributed by atoms with Crippen molar-refractivity contribution in [3.63, 3.8) is 0 Å². The zero-order valence-corrected chi connectivity index (χ0v) is 79.1. The van der Waals surface area contributed by atoms with Crippen molar-refractivity contribution < 1.29 is 173 Å². The minimum absolute atomic E-state index is 0.00675. The van der Waals surface area contributed by atoms with Crippen molar-refractivity contribution in [2.24, 2.45) is 5.92 Å². The number of carbonyl (C=O) groups is 16. The zero-order valence-electron chi connectivity index (χ0n) is 77.5. The van der Waals surface area contributed by atoms with E-state index in [0.29, 0.717) is 11.3 Å². The molecule has 3 aromatic heterocycles. The van der Waals surface area contributed by atoms with Gasteiger partial charge in [-0.3, -0.25) is 81.9 Å². The van der Waals surface area contributed by atoms with Gasteiger partial charge in [-0.1, -0.05) is 65.8 Å². The lowest BCUT2D eigenvalue weighted by atomic mass is 9.74. The van der Waals surface area contributed by atoms with Gasteiger partial charge in [-0.2, -0.15) is 4.98 Å². The average molecular weight is 2070 g/mol. The van der Waals surface area contributed by atoms with Gasteiger partial charge in [-0.05, 0) is 80.7 Å². The molecule has 21 atom stereocenters. The van der Waals surface area contributed by atoms with Crippen LogP contribution in [0.1, 0.15) is 135 Å². The number of H-pyrrole nitrogens is 1. The molecule has 0 radical (unpaired) electrons. The number of fused-ring (bicyclic) bond motifs is 23. The summed E-state index contributed by atoms with van der Waals surface area (Å²) in [6.07, 6.45) is -32.0. The summed E-state index contributed by atoms with van der Waals surface area (Å²) < 4.78 is 11.9. The molecule has 5 aromatic rings. The second kappa shape index (κ2) is 58.7. The number of hydrogen-bond donors (Lipinski definition) is 32. The van der Waals surface area contributed by atoms with Crippen molar-refractivity contribution in [1.29, 1.82) is 0 Å². The number of nitrogens with two attached hydrogens (primary N) is 1. The Morgan fingerprint density at radius 2 is 1.13 bits per heavy atom. The maximum absolute atomic E-state index is 15.0. The summed E-state index contributed by atoms with van der Waals surface area (Å²) >= 11 is 0. The number of nitrogen functional groups attached to an aromatic ring is 1. The number of rotatable bonds is 47. The third-order valence-corrected chi connectivity index (χ3v) is 24.5. The summed E-state index contributed by atoms with van der Waals surface area (Å²) in [5.74, 6) is -23.2. The van der Waals surface area contributed by atoms with E-state index in [1.165, 1.54) is 36.7 Å². The molecule has 8 rings (SSSR count). The van der Waals surface area contributed by atoms with Crippen LogP contribution < -0.4 is 80.4 Å². The van der Waals surface area contributed by atoms with Crippen LogP contribution in [0.4, 0.5) is 11.6 Å². The van der Waals surface area contributed by atoms with Crippen LogP contribution in [-0.4, -0.2) is 391 Å². The van der Waals surface area contributed by atoms with Gasteiger partial charge in [0.05, 0.1) is 86.7 Å². The number of benzene rings is 2. The molecule has 56 nitrogen and oxygen atoms in total. The molecule has 2 aromatic carbocycles. The molecule has 0 unspecified atom stereocenters. The summed E-state index contributed by atoms with van der Waals surface area (Å²) in [6, 6.07) is -1.95. The number of aliphatic carboxylic acids is 4. The number of aliphatic hydroxyl groups is 13. The first-order valence-electron chi connectivity index (χ1n) is 45.1. The first-order valence-corrected chi connectivity index (χ1v) is 47.6. The van der Waals surface area contributed by atoms with E-state index in [9.17, 15) is 164 Å². The normalized spacial score (nSPS) is 20.7. The zero-order chi connectivity index (χ0) is 106. The number of aliphatic hydroxyl groups excluding tert-OH is 13. The largest absolute Gasteiger partial charge is 0.481 e. The highest BCUT2D eigenvalue weighted by molar-refractivity contribution is 8.76. The molecule has 6 heterocycles. The van der Waals surface area contributed by atoms with Crippen molar-refractivity contribution in [2.75, 3.05) is 56.3 Å². The number of carboxylic acids is 4. The number of carbonyl (C=O) groups excluding carboxylic acids is 12. The Hall–Kier alpha value is -13.0. The molecule has 3 aliphatic heterocycles. The summed E-state index contributed by atoms with van der Waals surface area (Å²) in [5.41, 5.74) is 5.98. The standard InChI is InChI=1S/C85H119BN20O36S2/c1-38(2)24-59-86-141-35-58(142-86)72(127)69(124)55(111)32-93-62(116)20-14-46(79(133)103-52(84(139)140)37-144-143-36-43-28-90-51(29-89-43)81(135)102-50(80(134)104-59)25-39-6-4-3-5-7-39)98-78(132)48(17-23-65(120)121)100-76(130)45(13-19-61(115)92-31-54(110)68(123)71(126)57(113)34-108)97-77(131)47(16-22-64(118)119)99-75(129)44(12-18-60(114)91-30-53(109)67(122)70(125)56(112)33-107)96-63(117)21-15-49(83(137)138)101-74(128)40-8-10-41(11-9-40)88-26-42-27-94-73-66(95-42)82(136)106-85(87)105-73/h3-11,27-29,38,44-50,52-59,67-72,88,107-113,122-127H,12-26,30-37H2,1-2H3,(H,91,114)(H,92,115)(H,93,116)(H,96,117)(H,97,131)(H,98,132)(H,99,129)(H,100,130)(H,101,128)(H,102,135)(H,103,133)(H,104,134)(H,118,119)(H,120,121)(H,137,138)(H,139,140)(H3,87,94,105,106,136)/t44-,45-,46-,47-,48-,49-,50-,52-,53-,54-,55-,56+,57+,58+,59-,67+,68+,69+,70+,71+,72+/m0/s1. The van der Waals surface area contributed by atoms with E-state index >= 15 is 4.79 Å². The van der Waals surface area contributed by atoms with Crippen LogP contribution >= 0.6 is 21.6 Å². The predicted octanol–water partition coefficient (Wildman–Crippen LogP) is -11.1. The van der Waals surface area contributed by atoms with Crippen LogP contribution in [0.3, 0.4) is 0 Å². The van der Waals surface area contributed by atoms with E-state index in [0.717, 1.165) is 27.8 Å². The maximum Gasteiger partial charge on any atom is 0.481 e. The van der Waals surface area contributed by atoms with Crippen LogP contribution in [0, 0.1) is 5.92 Å². The van der Waals surface area contributed by atoms with E-state index in [4.69, 9.17) is 15.0 Å². The third-order valence-electron chi connectivity index (χ3n) is 22.2. The van der Waals surface area contributed by atoms with Crippen LogP contribution in [-0.2, 0) is 95.2 Å². The molecule has 33 N–H and O–H groups in total. The molecule has 0 spiro atoms. The Morgan fingerprint density at radius 3 is 1.67 bits per heavy atom. The van der Waals surface area contributed by atoms with Crippen LogP contribution in [0.15, 0.2) is 78.0 Å². The van der Waals surface area contributed by atoms with Gasteiger partial charge in [0.2, 0.25) is 65.0 Å². The maximum atomic E-state index is 15.0. The monoisotopic (exact) mass is 2070 g/mol. The number of anilines is 2. The van der Waals surface area contributed by atoms with Crippen molar-refractivity contribution in [2.45, 2.75) is 244 Å². The van der Waals surface area contributed by atoms with E-state index in [1.807, 2.05) is 13.8 Å². The van der Waals surface area contributed by atoms with Gasteiger partial charge >= 0.3 is 31.0 Å². The Balaban J connectivity index is 1.15. The van der Waals surface area contributed by atoms with Gasteiger partial charge in [0, 0.05) is 87.3 Å². The first kappa shape index (κ1) is 118. The van der Waals surface area contributed by atoms with E-state index in [-0.39, 0.29) is 70.8 Å². The minimum Gasteiger partial charge on any atom is -0.481 e. The molecule has 1 fully saturated rings. The van der Waals surface area contributed by atoms with Crippen molar-refractivity contribution in [1.82, 2.24) is 93.7 Å². The van der Waals surface area contributed by atoms with Gasteiger partial charge in [0.15, 0.2) is 11.2 Å². The Morgan fingerprint density at radius 1 is 0.583 bits per heavy atom. The second-order valence-electron chi connectivity index (χ2n) is 33.9. The molecule has 59 heteroatoms. The summed E-state index contributed by atoms with van der Waals surface area (Å²) in [4.78, 5) is 257. The first-order chi connectivity index (χ1) is 68.2. The van der Waals surface area contributed by atoms with E-state index < -0.39 is 357 Å². The van der Waals surface area contributed by atoms with Crippen LogP contribution in [0.5, 0.6) is 0 Å². The third kappa shape index (κ3) is 38.6. The number of aromatic amines is 1. The average Bonchev–Trinajstić information content (AvgIpc) is 0.870. The highest BCUT2D eigenvalue weighted by Gasteiger charge is 2.46. The van der Waals surface area contributed by atoms with E-state index in [2.05, 4.69) is 99.0 Å².